The fourth-order valence-corrected chi connectivity index (χ4v) is 2.16. The van der Waals surface area contributed by atoms with Crippen molar-refractivity contribution in [2.24, 2.45) is 0 Å². The Kier molecular flexibility index (Phi) is 4.10. The van der Waals surface area contributed by atoms with Gasteiger partial charge in [0.25, 0.3) is 11.5 Å². The first-order chi connectivity index (χ1) is 10.7. The van der Waals surface area contributed by atoms with Gasteiger partial charge in [0.1, 0.15) is 23.5 Å². The Bertz CT molecular complexity index is 724. The quantitative estimate of drug-likeness (QED) is 0.843. The molecule has 1 aliphatic rings. The summed E-state index contributed by atoms with van der Waals surface area (Å²) in [5, 5.41) is 2.61. The molecule has 114 valence electrons. The van der Waals surface area contributed by atoms with E-state index in [2.05, 4.69) is 25.2 Å². The predicted molar refractivity (Wildman–Crippen MR) is 80.1 cm³/mol. The van der Waals surface area contributed by atoms with Crippen LogP contribution in [0.3, 0.4) is 0 Å². The number of hydrogen-bond acceptors (Lipinski definition) is 6. The first-order valence-electron chi connectivity index (χ1n) is 6.88. The minimum absolute atomic E-state index is 0.0361. The van der Waals surface area contributed by atoms with Crippen LogP contribution in [-0.2, 0) is 4.74 Å². The third-order valence-corrected chi connectivity index (χ3v) is 3.29. The molecule has 3 heterocycles. The Morgan fingerprint density at radius 2 is 2.14 bits per heavy atom. The molecule has 0 unspecified atom stereocenters. The number of hydrogen-bond donors (Lipinski definition) is 2. The normalized spacial score (nSPS) is 14.6. The SMILES string of the molecule is O=C(Nc1cc(N2CCOCC2)ncn1)c1ccc[nH]c1=O. The molecule has 2 aromatic rings. The molecule has 8 heteroatoms. The molecule has 22 heavy (non-hydrogen) atoms. The Morgan fingerprint density at radius 1 is 1.32 bits per heavy atom. The van der Waals surface area contributed by atoms with Gasteiger partial charge >= 0.3 is 0 Å². The lowest BCUT2D eigenvalue weighted by Gasteiger charge is -2.27. The molecule has 1 saturated heterocycles. The summed E-state index contributed by atoms with van der Waals surface area (Å²) < 4.78 is 5.29. The zero-order valence-electron chi connectivity index (χ0n) is 11.8. The Hall–Kier alpha value is -2.74. The second-order valence-electron chi connectivity index (χ2n) is 4.73. The van der Waals surface area contributed by atoms with Gasteiger partial charge in [0.15, 0.2) is 0 Å². The van der Waals surface area contributed by atoms with Crippen molar-refractivity contribution in [3.05, 3.63) is 46.6 Å². The number of nitrogens with one attached hydrogen (secondary N) is 2. The van der Waals surface area contributed by atoms with Crippen molar-refractivity contribution in [1.29, 1.82) is 0 Å². The number of pyridine rings is 1. The van der Waals surface area contributed by atoms with Crippen LogP contribution in [-0.4, -0.2) is 47.2 Å². The summed E-state index contributed by atoms with van der Waals surface area (Å²) >= 11 is 0. The van der Waals surface area contributed by atoms with E-state index in [1.54, 1.807) is 12.1 Å². The van der Waals surface area contributed by atoms with Crippen molar-refractivity contribution in [1.82, 2.24) is 15.0 Å². The lowest BCUT2D eigenvalue weighted by atomic mass is 10.2. The van der Waals surface area contributed by atoms with Crippen LogP contribution in [0.25, 0.3) is 0 Å². The van der Waals surface area contributed by atoms with Crippen molar-refractivity contribution in [2.75, 3.05) is 36.5 Å². The van der Waals surface area contributed by atoms with Crippen molar-refractivity contribution in [3.63, 3.8) is 0 Å². The average Bonchev–Trinajstić information content (AvgIpc) is 2.56. The number of rotatable bonds is 3. The Labute approximate surface area is 126 Å². The van der Waals surface area contributed by atoms with E-state index in [-0.39, 0.29) is 5.56 Å². The van der Waals surface area contributed by atoms with Crippen LogP contribution < -0.4 is 15.8 Å². The second-order valence-corrected chi connectivity index (χ2v) is 4.73. The average molecular weight is 301 g/mol. The molecule has 0 atom stereocenters. The molecular formula is C14H15N5O3. The number of aromatic nitrogens is 3. The summed E-state index contributed by atoms with van der Waals surface area (Å²) in [7, 11) is 0. The highest BCUT2D eigenvalue weighted by molar-refractivity contribution is 6.03. The second kappa shape index (κ2) is 6.35. The number of H-pyrrole nitrogens is 1. The smallest absolute Gasteiger partial charge is 0.262 e. The molecule has 8 nitrogen and oxygen atoms in total. The summed E-state index contributed by atoms with van der Waals surface area (Å²) in [6.45, 7) is 2.77. The largest absolute Gasteiger partial charge is 0.378 e. The summed E-state index contributed by atoms with van der Waals surface area (Å²) in [6, 6.07) is 4.73. The van der Waals surface area contributed by atoms with Gasteiger partial charge in [-0.05, 0) is 12.1 Å². The minimum atomic E-state index is -0.506. The summed E-state index contributed by atoms with van der Waals surface area (Å²) in [5.41, 5.74) is -0.406. The Morgan fingerprint density at radius 3 is 2.91 bits per heavy atom. The van der Waals surface area contributed by atoms with Gasteiger partial charge < -0.3 is 19.9 Å². The molecule has 0 aromatic carbocycles. The van der Waals surface area contributed by atoms with E-state index >= 15 is 0 Å². The molecule has 1 fully saturated rings. The highest BCUT2D eigenvalue weighted by Crippen LogP contribution is 2.15. The maximum Gasteiger partial charge on any atom is 0.262 e. The van der Waals surface area contributed by atoms with E-state index < -0.39 is 11.5 Å². The molecule has 1 aliphatic heterocycles. The number of ether oxygens (including phenoxy) is 1. The highest BCUT2D eigenvalue weighted by Gasteiger charge is 2.15. The monoisotopic (exact) mass is 301 g/mol. The van der Waals surface area contributed by atoms with Gasteiger partial charge in [-0.15, -0.1) is 0 Å². The van der Waals surface area contributed by atoms with E-state index in [0.29, 0.717) is 19.0 Å². The Balaban J connectivity index is 1.76. The molecule has 2 aromatic heterocycles. The third kappa shape index (κ3) is 3.12. The van der Waals surface area contributed by atoms with E-state index in [1.165, 1.54) is 18.6 Å². The van der Waals surface area contributed by atoms with E-state index in [9.17, 15) is 9.59 Å². The van der Waals surface area contributed by atoms with Gasteiger partial charge in [-0.1, -0.05) is 0 Å². The van der Waals surface area contributed by atoms with Gasteiger partial charge in [-0.25, -0.2) is 9.97 Å². The van der Waals surface area contributed by atoms with Gasteiger partial charge in [0.2, 0.25) is 0 Å². The molecule has 3 rings (SSSR count). The summed E-state index contributed by atoms with van der Waals surface area (Å²) in [5.74, 6) is 0.564. The molecule has 0 bridgehead atoms. The van der Waals surface area contributed by atoms with Crippen molar-refractivity contribution < 1.29 is 9.53 Å². The predicted octanol–water partition coefficient (Wildman–Crippen LogP) is 0.254. The highest BCUT2D eigenvalue weighted by atomic mass is 16.5. The number of aromatic amines is 1. The van der Waals surface area contributed by atoms with Crippen LogP contribution in [0.5, 0.6) is 0 Å². The maximum atomic E-state index is 12.1. The van der Waals surface area contributed by atoms with Crippen LogP contribution >= 0.6 is 0 Å². The van der Waals surface area contributed by atoms with E-state index in [0.717, 1.165) is 18.9 Å². The lowest BCUT2D eigenvalue weighted by molar-refractivity contribution is 0.102. The van der Waals surface area contributed by atoms with Gasteiger partial charge in [-0.2, -0.15) is 0 Å². The van der Waals surface area contributed by atoms with E-state index in [1.807, 2.05) is 0 Å². The molecule has 0 aliphatic carbocycles. The zero-order chi connectivity index (χ0) is 15.4. The summed E-state index contributed by atoms with van der Waals surface area (Å²) in [4.78, 5) is 36.4. The van der Waals surface area contributed by atoms with Gasteiger partial charge in [-0.3, -0.25) is 9.59 Å². The molecule has 1 amide bonds. The molecule has 0 radical (unpaired) electrons. The minimum Gasteiger partial charge on any atom is -0.378 e. The number of morpholine rings is 1. The van der Waals surface area contributed by atoms with Gasteiger partial charge in [0, 0.05) is 25.4 Å². The first kappa shape index (κ1) is 14.2. The first-order valence-corrected chi connectivity index (χ1v) is 6.88. The van der Waals surface area contributed by atoms with Crippen molar-refractivity contribution in [2.45, 2.75) is 0 Å². The third-order valence-electron chi connectivity index (χ3n) is 3.29. The molecule has 2 N–H and O–H groups in total. The van der Waals surface area contributed by atoms with Crippen LogP contribution in [0.1, 0.15) is 10.4 Å². The number of carbonyl (C=O) groups is 1. The topological polar surface area (TPSA) is 100 Å². The van der Waals surface area contributed by atoms with Crippen LogP contribution in [0.15, 0.2) is 35.5 Å². The number of nitrogens with zero attached hydrogens (tertiary/aromatic N) is 3. The molecule has 0 saturated carbocycles. The molecular weight excluding hydrogens is 286 g/mol. The molecule has 0 spiro atoms. The van der Waals surface area contributed by atoms with Gasteiger partial charge in [0.05, 0.1) is 13.2 Å². The maximum absolute atomic E-state index is 12.1. The van der Waals surface area contributed by atoms with Crippen molar-refractivity contribution >= 4 is 17.5 Å². The number of anilines is 2. The summed E-state index contributed by atoms with van der Waals surface area (Å²) in [6.07, 6.45) is 2.86. The number of carbonyl (C=O) groups excluding carboxylic acids is 1. The fourth-order valence-electron chi connectivity index (χ4n) is 2.16. The number of amides is 1. The van der Waals surface area contributed by atoms with Crippen LogP contribution in [0, 0.1) is 0 Å². The lowest BCUT2D eigenvalue weighted by Crippen LogP contribution is -2.36. The van der Waals surface area contributed by atoms with Crippen LogP contribution in [0.2, 0.25) is 0 Å². The zero-order valence-corrected chi connectivity index (χ0v) is 11.8. The fraction of sp³-hybridized carbons (Fsp3) is 0.286. The standard InChI is InChI=1S/C14H15N5O3/c20-13-10(2-1-3-15-13)14(21)18-11-8-12(17-9-16-11)19-4-6-22-7-5-19/h1-3,8-9H,4-7H2,(H,15,20)(H,16,17,18,21). The van der Waals surface area contributed by atoms with Crippen molar-refractivity contribution in [3.8, 4) is 0 Å². The van der Waals surface area contributed by atoms with E-state index in [4.69, 9.17) is 4.74 Å². The van der Waals surface area contributed by atoms with Crippen LogP contribution in [0.4, 0.5) is 11.6 Å².